The fourth-order valence-electron chi connectivity index (χ4n) is 1.47. The molecule has 1 fully saturated rings. The molecule has 0 bridgehead atoms. The highest BCUT2D eigenvalue weighted by molar-refractivity contribution is 5.77. The molecule has 68 valence electrons. The number of hydrogen-bond acceptors (Lipinski definition) is 2. The van der Waals surface area contributed by atoms with Gasteiger partial charge in [0.05, 0.1) is 0 Å². The molecule has 0 unspecified atom stereocenters. The summed E-state index contributed by atoms with van der Waals surface area (Å²) in [5.41, 5.74) is 0. The Bertz CT molecular complexity index is 168. The zero-order valence-corrected chi connectivity index (χ0v) is 7.29. The van der Waals surface area contributed by atoms with Crippen LogP contribution in [-0.4, -0.2) is 30.2 Å². The lowest BCUT2D eigenvalue weighted by atomic mass is 10.2. The Morgan fingerprint density at radius 1 is 1.42 bits per heavy atom. The van der Waals surface area contributed by atoms with E-state index in [1.54, 1.807) is 0 Å². The van der Waals surface area contributed by atoms with Crippen molar-refractivity contribution in [2.24, 2.45) is 0 Å². The van der Waals surface area contributed by atoms with Gasteiger partial charge in [0.1, 0.15) is 6.29 Å². The van der Waals surface area contributed by atoms with Crippen LogP contribution in [0.25, 0.3) is 0 Å². The minimum Gasteiger partial charge on any atom is -0.343 e. The summed E-state index contributed by atoms with van der Waals surface area (Å²) in [6.45, 7) is 1.76. The number of carbonyl (C=O) groups excluding carboxylic acids is 2. The zero-order valence-electron chi connectivity index (χ0n) is 7.29. The summed E-state index contributed by atoms with van der Waals surface area (Å²) in [6.07, 6.45) is 5.16. The predicted molar refractivity (Wildman–Crippen MR) is 45.7 cm³/mol. The third-order valence-corrected chi connectivity index (χ3v) is 2.17. The lowest BCUT2D eigenvalue weighted by Gasteiger charge is -2.14. The molecule has 1 aliphatic heterocycles. The molecule has 0 atom stereocenters. The Labute approximate surface area is 72.7 Å². The van der Waals surface area contributed by atoms with Crippen LogP contribution in [0.1, 0.15) is 32.1 Å². The molecular formula is C9H15NO2. The maximum absolute atomic E-state index is 11.1. The van der Waals surface area contributed by atoms with Crippen LogP contribution < -0.4 is 0 Å². The summed E-state index contributed by atoms with van der Waals surface area (Å²) in [6, 6.07) is 0. The van der Waals surface area contributed by atoms with E-state index in [9.17, 15) is 9.59 Å². The second-order valence-corrected chi connectivity index (χ2v) is 3.15. The van der Waals surface area contributed by atoms with E-state index in [1.165, 1.54) is 0 Å². The van der Waals surface area contributed by atoms with Crippen LogP contribution in [0.4, 0.5) is 0 Å². The van der Waals surface area contributed by atoms with Crippen LogP contribution in [-0.2, 0) is 9.59 Å². The van der Waals surface area contributed by atoms with Crippen molar-refractivity contribution >= 4 is 12.2 Å². The largest absolute Gasteiger partial charge is 0.343 e. The van der Waals surface area contributed by atoms with E-state index in [0.717, 1.165) is 38.6 Å². The number of unbranched alkanes of at least 4 members (excludes halogenated alkanes) is 2. The van der Waals surface area contributed by atoms with Gasteiger partial charge < -0.3 is 9.69 Å². The molecule has 12 heavy (non-hydrogen) atoms. The first kappa shape index (κ1) is 9.23. The topological polar surface area (TPSA) is 37.4 Å². The fourth-order valence-corrected chi connectivity index (χ4v) is 1.47. The lowest BCUT2D eigenvalue weighted by Crippen LogP contribution is -2.25. The fraction of sp³-hybridized carbons (Fsp3) is 0.778. The van der Waals surface area contributed by atoms with Gasteiger partial charge in [-0.3, -0.25) is 4.79 Å². The summed E-state index contributed by atoms with van der Waals surface area (Å²) < 4.78 is 0. The Hall–Kier alpha value is -0.860. The molecule has 0 aliphatic carbocycles. The van der Waals surface area contributed by atoms with Crippen molar-refractivity contribution in [2.75, 3.05) is 13.1 Å². The first-order valence-corrected chi connectivity index (χ1v) is 4.56. The summed E-state index contributed by atoms with van der Waals surface area (Å²) in [5, 5.41) is 0. The highest BCUT2D eigenvalue weighted by Gasteiger charge is 2.18. The van der Waals surface area contributed by atoms with Gasteiger partial charge in [-0.05, 0) is 19.3 Å². The normalized spacial score (nSPS) is 17.0. The van der Waals surface area contributed by atoms with Crippen LogP contribution in [0, 0.1) is 0 Å². The van der Waals surface area contributed by atoms with E-state index >= 15 is 0 Å². The van der Waals surface area contributed by atoms with Crippen molar-refractivity contribution in [3.05, 3.63) is 0 Å². The van der Waals surface area contributed by atoms with Crippen LogP contribution in [0.2, 0.25) is 0 Å². The Balaban J connectivity index is 2.06. The lowest BCUT2D eigenvalue weighted by molar-refractivity contribution is -0.127. The first-order valence-electron chi connectivity index (χ1n) is 4.56. The second-order valence-electron chi connectivity index (χ2n) is 3.15. The van der Waals surface area contributed by atoms with Crippen molar-refractivity contribution in [3.8, 4) is 0 Å². The van der Waals surface area contributed by atoms with Gasteiger partial charge in [-0.15, -0.1) is 0 Å². The highest BCUT2D eigenvalue weighted by Crippen LogP contribution is 2.10. The van der Waals surface area contributed by atoms with Crippen LogP contribution >= 0.6 is 0 Å². The third-order valence-electron chi connectivity index (χ3n) is 2.17. The zero-order chi connectivity index (χ0) is 8.81. The maximum atomic E-state index is 11.1. The summed E-state index contributed by atoms with van der Waals surface area (Å²) >= 11 is 0. The van der Waals surface area contributed by atoms with Crippen LogP contribution in [0.15, 0.2) is 0 Å². The minimum atomic E-state index is 0.279. The van der Waals surface area contributed by atoms with Gasteiger partial charge in [0.2, 0.25) is 5.91 Å². The van der Waals surface area contributed by atoms with Gasteiger partial charge in [-0.1, -0.05) is 0 Å². The van der Waals surface area contributed by atoms with Gasteiger partial charge in [0, 0.05) is 25.9 Å². The van der Waals surface area contributed by atoms with E-state index in [0.29, 0.717) is 12.8 Å². The number of amides is 1. The number of carbonyl (C=O) groups is 2. The minimum absolute atomic E-state index is 0.279. The van der Waals surface area contributed by atoms with E-state index in [1.807, 2.05) is 4.90 Å². The molecule has 0 radical (unpaired) electrons. The Morgan fingerprint density at radius 3 is 2.83 bits per heavy atom. The van der Waals surface area contributed by atoms with Crippen molar-refractivity contribution in [1.82, 2.24) is 4.90 Å². The molecule has 0 aromatic heterocycles. The molecule has 0 aromatic rings. The Morgan fingerprint density at radius 2 is 2.25 bits per heavy atom. The van der Waals surface area contributed by atoms with E-state index < -0.39 is 0 Å². The second kappa shape index (κ2) is 4.91. The predicted octanol–water partition coefficient (Wildman–Crippen LogP) is 0.978. The molecule has 1 saturated heterocycles. The number of aldehydes is 1. The van der Waals surface area contributed by atoms with Gasteiger partial charge in [0.25, 0.3) is 0 Å². The van der Waals surface area contributed by atoms with E-state index in [-0.39, 0.29) is 5.91 Å². The SMILES string of the molecule is O=CCCCCN1CCCC1=O. The average Bonchev–Trinajstić information content (AvgIpc) is 2.46. The van der Waals surface area contributed by atoms with Crippen LogP contribution in [0.5, 0.6) is 0 Å². The van der Waals surface area contributed by atoms with E-state index in [4.69, 9.17) is 0 Å². The summed E-state index contributed by atoms with van der Waals surface area (Å²) in [7, 11) is 0. The molecule has 1 aliphatic rings. The molecule has 1 rings (SSSR count). The molecule has 0 saturated carbocycles. The molecule has 0 N–H and O–H groups in total. The van der Waals surface area contributed by atoms with Crippen molar-refractivity contribution < 1.29 is 9.59 Å². The molecule has 3 heteroatoms. The molecule has 1 amide bonds. The number of nitrogens with zero attached hydrogens (tertiary/aromatic N) is 1. The first-order chi connectivity index (χ1) is 5.84. The molecule has 0 aromatic carbocycles. The molecule has 1 heterocycles. The molecular weight excluding hydrogens is 154 g/mol. The Kier molecular flexibility index (Phi) is 3.77. The quantitative estimate of drug-likeness (QED) is 0.454. The van der Waals surface area contributed by atoms with Gasteiger partial charge in [-0.25, -0.2) is 0 Å². The highest BCUT2D eigenvalue weighted by atomic mass is 16.2. The van der Waals surface area contributed by atoms with Crippen molar-refractivity contribution in [2.45, 2.75) is 32.1 Å². The van der Waals surface area contributed by atoms with Crippen molar-refractivity contribution in [1.29, 1.82) is 0 Å². The average molecular weight is 169 g/mol. The van der Waals surface area contributed by atoms with Gasteiger partial charge >= 0.3 is 0 Å². The maximum Gasteiger partial charge on any atom is 0.222 e. The third kappa shape index (κ3) is 2.64. The van der Waals surface area contributed by atoms with Crippen LogP contribution in [0.3, 0.4) is 0 Å². The number of hydrogen-bond donors (Lipinski definition) is 0. The summed E-state index contributed by atoms with van der Waals surface area (Å²) in [4.78, 5) is 23.0. The number of rotatable bonds is 5. The van der Waals surface area contributed by atoms with Crippen molar-refractivity contribution in [3.63, 3.8) is 0 Å². The molecule has 0 spiro atoms. The van der Waals surface area contributed by atoms with Gasteiger partial charge in [-0.2, -0.15) is 0 Å². The summed E-state index contributed by atoms with van der Waals surface area (Å²) in [5.74, 6) is 0.279. The van der Waals surface area contributed by atoms with Gasteiger partial charge in [0.15, 0.2) is 0 Å². The molecule has 3 nitrogen and oxygen atoms in total. The smallest absolute Gasteiger partial charge is 0.222 e. The van der Waals surface area contributed by atoms with E-state index in [2.05, 4.69) is 0 Å². The monoisotopic (exact) mass is 169 g/mol. The number of likely N-dealkylation sites (tertiary alicyclic amines) is 1. The standard InChI is InChI=1S/C9H15NO2/c11-8-3-1-2-6-10-7-4-5-9(10)12/h8H,1-7H2.